The van der Waals surface area contributed by atoms with Crippen molar-refractivity contribution in [3.63, 3.8) is 0 Å². The molecule has 96 valence electrons. The number of aliphatic hydroxyl groups is 1. The Kier molecular flexibility index (Phi) is 6.54. The quantitative estimate of drug-likeness (QED) is 0.712. The highest BCUT2D eigenvalue weighted by atomic mass is 32.2. The Bertz CT molecular complexity index is 215. The maximum atomic E-state index is 11.9. The fraction of sp³-hybridized carbons (Fsp3) is 1.00. The number of hydrogen-bond donors (Lipinski definition) is 2. The molecule has 16 heavy (non-hydrogen) atoms. The van der Waals surface area contributed by atoms with Gasteiger partial charge in [0.15, 0.2) is 0 Å². The number of nitrogens with one attached hydrogen (secondary N) is 1. The van der Waals surface area contributed by atoms with Gasteiger partial charge in [0.1, 0.15) is 0 Å². The molecule has 0 amide bonds. The summed E-state index contributed by atoms with van der Waals surface area (Å²) in [4.78, 5) is 0. The molecule has 1 aliphatic rings. The molecule has 0 spiro atoms. The molecule has 3 nitrogen and oxygen atoms in total. The van der Waals surface area contributed by atoms with Gasteiger partial charge in [0.2, 0.25) is 0 Å². The third-order valence-electron chi connectivity index (χ3n) is 2.96. The van der Waals surface area contributed by atoms with Crippen molar-refractivity contribution in [2.45, 2.75) is 50.9 Å². The first-order valence-corrected chi connectivity index (χ1v) is 7.73. The molecule has 1 saturated carbocycles. The molecule has 2 N–H and O–H groups in total. The second kappa shape index (κ2) is 7.41. The molecule has 1 rings (SSSR count). The van der Waals surface area contributed by atoms with E-state index in [2.05, 4.69) is 19.2 Å². The summed E-state index contributed by atoms with van der Waals surface area (Å²) in [6, 6.07) is 0. The molecule has 0 bridgehead atoms. The zero-order valence-corrected chi connectivity index (χ0v) is 11.3. The lowest BCUT2D eigenvalue weighted by Crippen LogP contribution is -2.34. The third kappa shape index (κ3) is 5.41. The molecule has 0 aromatic carbocycles. The summed E-state index contributed by atoms with van der Waals surface area (Å²) < 4.78 is 11.9. The maximum absolute atomic E-state index is 11.9. The van der Waals surface area contributed by atoms with E-state index in [-0.39, 0.29) is 0 Å². The number of hydrogen-bond acceptors (Lipinski definition) is 3. The summed E-state index contributed by atoms with van der Waals surface area (Å²) in [5.74, 6) is 1.03. The Balaban J connectivity index is 2.12. The van der Waals surface area contributed by atoms with Crippen LogP contribution in [0.4, 0.5) is 0 Å². The van der Waals surface area contributed by atoms with Crippen molar-refractivity contribution >= 4 is 10.8 Å². The molecule has 0 saturated heterocycles. The van der Waals surface area contributed by atoms with Gasteiger partial charge >= 0.3 is 0 Å². The average Bonchev–Trinajstić information content (AvgIpc) is 2.69. The second-order valence-corrected chi connectivity index (χ2v) is 6.92. The van der Waals surface area contributed by atoms with Gasteiger partial charge in [0.05, 0.1) is 11.9 Å². The molecule has 0 heterocycles. The average molecular weight is 247 g/mol. The Labute approximate surface area is 101 Å². The van der Waals surface area contributed by atoms with Crippen LogP contribution in [0.2, 0.25) is 0 Å². The van der Waals surface area contributed by atoms with Crippen LogP contribution in [0.25, 0.3) is 0 Å². The lowest BCUT2D eigenvalue weighted by atomic mass is 10.2. The maximum Gasteiger partial charge on any atom is 0.0779 e. The standard InChI is InChI=1S/C12H25NO2S/c1-10(2)7-13-8-11(14)9-16(15)12-5-3-4-6-12/h10-14H,3-9H2,1-2H3. The highest BCUT2D eigenvalue weighted by Gasteiger charge is 2.22. The van der Waals surface area contributed by atoms with Gasteiger partial charge in [0, 0.05) is 22.6 Å². The van der Waals surface area contributed by atoms with Gasteiger partial charge in [-0.2, -0.15) is 0 Å². The summed E-state index contributed by atoms with van der Waals surface area (Å²) in [5.41, 5.74) is 0. The Morgan fingerprint density at radius 2 is 1.94 bits per heavy atom. The van der Waals surface area contributed by atoms with Crippen molar-refractivity contribution in [2.75, 3.05) is 18.8 Å². The SMILES string of the molecule is CC(C)CNCC(O)CS(=O)C1CCCC1. The van der Waals surface area contributed by atoms with E-state index in [1.165, 1.54) is 12.8 Å². The normalized spacial score (nSPS) is 21.5. The van der Waals surface area contributed by atoms with Crippen LogP contribution < -0.4 is 5.32 Å². The summed E-state index contributed by atoms with van der Waals surface area (Å²) in [6.07, 6.45) is 4.12. The summed E-state index contributed by atoms with van der Waals surface area (Å²) in [7, 11) is -0.830. The van der Waals surface area contributed by atoms with Crippen LogP contribution in [0.1, 0.15) is 39.5 Å². The molecule has 4 heteroatoms. The van der Waals surface area contributed by atoms with Crippen molar-refractivity contribution in [1.29, 1.82) is 0 Å². The molecule has 0 aliphatic heterocycles. The molecule has 0 aromatic rings. The van der Waals surface area contributed by atoms with E-state index < -0.39 is 16.9 Å². The molecule has 1 aliphatic carbocycles. The fourth-order valence-electron chi connectivity index (χ4n) is 2.07. The minimum Gasteiger partial charge on any atom is -0.391 e. The molecular weight excluding hydrogens is 222 g/mol. The lowest BCUT2D eigenvalue weighted by Gasteiger charge is -2.15. The molecule has 2 atom stereocenters. The highest BCUT2D eigenvalue weighted by Crippen LogP contribution is 2.23. The lowest BCUT2D eigenvalue weighted by molar-refractivity contribution is 0.193. The summed E-state index contributed by atoms with van der Waals surface area (Å²) in [5, 5.41) is 13.3. The molecule has 2 unspecified atom stereocenters. The van der Waals surface area contributed by atoms with E-state index in [9.17, 15) is 9.32 Å². The number of rotatable bonds is 7. The largest absolute Gasteiger partial charge is 0.391 e. The van der Waals surface area contributed by atoms with Crippen LogP contribution in [0, 0.1) is 5.92 Å². The third-order valence-corrected chi connectivity index (χ3v) is 4.89. The first kappa shape index (κ1) is 14.1. The topological polar surface area (TPSA) is 49.3 Å². The summed E-state index contributed by atoms with van der Waals surface area (Å²) >= 11 is 0. The Hall–Kier alpha value is 0.0700. The first-order valence-electron chi connectivity index (χ1n) is 6.35. The van der Waals surface area contributed by atoms with Gasteiger partial charge in [-0.1, -0.05) is 26.7 Å². The first-order chi connectivity index (χ1) is 7.59. The van der Waals surface area contributed by atoms with Gasteiger partial charge in [-0.3, -0.25) is 4.21 Å². The van der Waals surface area contributed by atoms with E-state index in [1.54, 1.807) is 0 Å². The van der Waals surface area contributed by atoms with E-state index >= 15 is 0 Å². The van der Waals surface area contributed by atoms with Crippen molar-refractivity contribution in [1.82, 2.24) is 5.32 Å². The Morgan fingerprint density at radius 1 is 1.31 bits per heavy atom. The zero-order chi connectivity index (χ0) is 12.0. The van der Waals surface area contributed by atoms with Crippen LogP contribution in [0.15, 0.2) is 0 Å². The highest BCUT2D eigenvalue weighted by molar-refractivity contribution is 7.85. The van der Waals surface area contributed by atoms with Crippen molar-refractivity contribution in [3.05, 3.63) is 0 Å². The second-order valence-electron chi connectivity index (χ2n) is 5.16. The van der Waals surface area contributed by atoms with E-state index in [1.807, 2.05) is 0 Å². The zero-order valence-electron chi connectivity index (χ0n) is 10.4. The van der Waals surface area contributed by atoms with Gasteiger partial charge < -0.3 is 10.4 Å². The van der Waals surface area contributed by atoms with Crippen LogP contribution >= 0.6 is 0 Å². The Morgan fingerprint density at radius 3 is 2.50 bits per heavy atom. The van der Waals surface area contributed by atoms with E-state index in [0.717, 1.165) is 19.4 Å². The monoisotopic (exact) mass is 247 g/mol. The van der Waals surface area contributed by atoms with Gasteiger partial charge in [0.25, 0.3) is 0 Å². The smallest absolute Gasteiger partial charge is 0.0779 e. The number of aliphatic hydroxyl groups excluding tert-OH is 1. The van der Waals surface area contributed by atoms with Crippen LogP contribution in [0.5, 0.6) is 0 Å². The fourth-order valence-corrected chi connectivity index (χ4v) is 3.70. The van der Waals surface area contributed by atoms with Crippen LogP contribution in [-0.2, 0) is 10.8 Å². The molecule has 0 aromatic heterocycles. The minimum atomic E-state index is -0.830. The predicted octanol–water partition coefficient (Wildman–Crippen LogP) is 1.28. The van der Waals surface area contributed by atoms with Crippen molar-refractivity contribution in [3.8, 4) is 0 Å². The van der Waals surface area contributed by atoms with Crippen molar-refractivity contribution < 1.29 is 9.32 Å². The van der Waals surface area contributed by atoms with Gasteiger partial charge in [-0.15, -0.1) is 0 Å². The predicted molar refractivity (Wildman–Crippen MR) is 69.0 cm³/mol. The molecule has 0 radical (unpaired) electrons. The molecular formula is C12H25NO2S. The van der Waals surface area contributed by atoms with Gasteiger partial charge in [-0.25, -0.2) is 0 Å². The van der Waals surface area contributed by atoms with Crippen LogP contribution in [-0.4, -0.2) is 39.5 Å². The van der Waals surface area contributed by atoms with E-state index in [0.29, 0.717) is 23.5 Å². The van der Waals surface area contributed by atoms with E-state index in [4.69, 9.17) is 0 Å². The summed E-state index contributed by atoms with van der Waals surface area (Å²) in [6.45, 7) is 5.75. The van der Waals surface area contributed by atoms with Crippen molar-refractivity contribution in [2.24, 2.45) is 5.92 Å². The van der Waals surface area contributed by atoms with Gasteiger partial charge in [-0.05, 0) is 25.3 Å². The molecule has 1 fully saturated rings. The minimum absolute atomic E-state index is 0.347. The van der Waals surface area contributed by atoms with Crippen LogP contribution in [0.3, 0.4) is 0 Å².